The lowest BCUT2D eigenvalue weighted by Crippen LogP contribution is -2.25. The van der Waals surface area contributed by atoms with Crippen molar-refractivity contribution in [2.45, 2.75) is 12.7 Å². The number of thiophene rings is 1. The molecule has 0 unspecified atom stereocenters. The van der Waals surface area contributed by atoms with Gasteiger partial charge in [-0.15, -0.1) is 11.3 Å². The smallest absolute Gasteiger partial charge is 0.329 e. The Hall–Kier alpha value is -2.73. The van der Waals surface area contributed by atoms with Gasteiger partial charge in [0.15, 0.2) is 0 Å². The van der Waals surface area contributed by atoms with Crippen LogP contribution in [-0.2, 0) is 17.6 Å². The number of carbonyl (C=O) groups is 1. The summed E-state index contributed by atoms with van der Waals surface area (Å²) < 4.78 is 43.3. The Morgan fingerprint density at radius 1 is 1.44 bits per heavy atom. The van der Waals surface area contributed by atoms with Gasteiger partial charge in [-0.25, -0.2) is 10.5 Å². The van der Waals surface area contributed by atoms with Gasteiger partial charge in [-0.2, -0.15) is 18.2 Å². The summed E-state index contributed by atoms with van der Waals surface area (Å²) in [6, 6.07) is 3.28. The summed E-state index contributed by atoms with van der Waals surface area (Å²) >= 11 is 1.18. The highest BCUT2D eigenvalue weighted by Gasteiger charge is 2.38. The summed E-state index contributed by atoms with van der Waals surface area (Å²) in [5, 5.41) is 3.34. The number of aromatic nitrogens is 4. The van der Waals surface area contributed by atoms with Crippen LogP contribution in [-0.4, -0.2) is 32.7 Å². The first-order chi connectivity index (χ1) is 11.9. The zero-order chi connectivity index (χ0) is 18.0. The standard InChI is InChI=1S/C13H10F3N5O3S/c1-23-20-11(22)10-17-4-5-21(10)6-7-2-3-8(25-7)9-18-12(24-19-9)13(14,15)16/h2-5H,6H2,1H3,(H,20,22). The average Bonchev–Trinajstić information content (AvgIpc) is 3.27. The van der Waals surface area contributed by atoms with Gasteiger partial charge in [-0.05, 0) is 12.1 Å². The van der Waals surface area contributed by atoms with Crippen molar-refractivity contribution in [3.05, 3.63) is 41.1 Å². The number of imidazole rings is 1. The fraction of sp³-hybridized carbons (Fsp3) is 0.231. The van der Waals surface area contributed by atoms with Crippen molar-refractivity contribution in [3.8, 4) is 10.7 Å². The van der Waals surface area contributed by atoms with Crippen LogP contribution in [0.4, 0.5) is 13.2 Å². The molecule has 3 heterocycles. The fourth-order valence-electron chi connectivity index (χ4n) is 1.97. The van der Waals surface area contributed by atoms with E-state index in [2.05, 4.69) is 30.0 Å². The van der Waals surface area contributed by atoms with E-state index in [0.29, 0.717) is 11.4 Å². The molecule has 1 N–H and O–H groups in total. The number of hydroxylamine groups is 1. The van der Waals surface area contributed by atoms with Crippen molar-refractivity contribution in [1.29, 1.82) is 0 Å². The Balaban J connectivity index is 1.78. The first-order valence-electron chi connectivity index (χ1n) is 6.73. The highest BCUT2D eigenvalue weighted by Crippen LogP contribution is 2.31. The van der Waals surface area contributed by atoms with Crippen LogP contribution in [0.3, 0.4) is 0 Å². The van der Waals surface area contributed by atoms with Crippen LogP contribution in [0.1, 0.15) is 21.4 Å². The second-order valence-corrected chi connectivity index (χ2v) is 5.87. The number of carbonyl (C=O) groups excluding carboxylic acids is 1. The van der Waals surface area contributed by atoms with Crippen molar-refractivity contribution in [1.82, 2.24) is 25.2 Å². The molecule has 0 aliphatic carbocycles. The third kappa shape index (κ3) is 3.69. The lowest BCUT2D eigenvalue weighted by atomic mass is 10.4. The molecule has 0 aliphatic rings. The molecule has 0 saturated carbocycles. The normalized spacial score (nSPS) is 11.7. The van der Waals surface area contributed by atoms with E-state index >= 15 is 0 Å². The molecule has 0 aliphatic heterocycles. The van der Waals surface area contributed by atoms with Crippen molar-refractivity contribution in [2.24, 2.45) is 0 Å². The van der Waals surface area contributed by atoms with Crippen molar-refractivity contribution in [2.75, 3.05) is 7.11 Å². The van der Waals surface area contributed by atoms with E-state index in [4.69, 9.17) is 0 Å². The highest BCUT2D eigenvalue weighted by molar-refractivity contribution is 7.15. The van der Waals surface area contributed by atoms with Gasteiger partial charge in [0, 0.05) is 17.3 Å². The van der Waals surface area contributed by atoms with Crippen molar-refractivity contribution in [3.63, 3.8) is 0 Å². The second kappa shape index (κ2) is 6.64. The second-order valence-electron chi connectivity index (χ2n) is 4.70. The zero-order valence-electron chi connectivity index (χ0n) is 12.6. The molecule has 132 valence electrons. The molecule has 3 rings (SSSR count). The van der Waals surface area contributed by atoms with Crippen molar-refractivity contribution < 1.29 is 27.3 Å². The first kappa shape index (κ1) is 17.1. The van der Waals surface area contributed by atoms with E-state index in [1.807, 2.05) is 0 Å². The van der Waals surface area contributed by atoms with Gasteiger partial charge in [-0.3, -0.25) is 9.63 Å². The van der Waals surface area contributed by atoms with Gasteiger partial charge in [0.1, 0.15) is 0 Å². The van der Waals surface area contributed by atoms with Crippen LogP contribution in [0.15, 0.2) is 29.0 Å². The Morgan fingerprint density at radius 2 is 2.24 bits per heavy atom. The summed E-state index contributed by atoms with van der Waals surface area (Å²) in [4.78, 5) is 24.8. The number of nitrogens with zero attached hydrogens (tertiary/aromatic N) is 4. The highest BCUT2D eigenvalue weighted by atomic mass is 32.1. The maximum absolute atomic E-state index is 12.5. The SMILES string of the molecule is CONC(=O)c1nccn1Cc1ccc(-c2noc(C(F)(F)F)n2)s1. The largest absolute Gasteiger partial charge is 0.471 e. The molecule has 12 heteroatoms. The minimum absolute atomic E-state index is 0.135. The van der Waals surface area contributed by atoms with Gasteiger partial charge in [-0.1, -0.05) is 5.16 Å². The fourth-order valence-corrected chi connectivity index (χ4v) is 2.91. The maximum Gasteiger partial charge on any atom is 0.471 e. The van der Waals surface area contributed by atoms with Gasteiger partial charge in [0.25, 0.3) is 0 Å². The van der Waals surface area contributed by atoms with Crippen LogP contribution in [0.5, 0.6) is 0 Å². The van der Waals surface area contributed by atoms with Gasteiger partial charge < -0.3 is 9.09 Å². The summed E-state index contributed by atoms with van der Waals surface area (Å²) in [6.07, 6.45) is -1.64. The third-order valence-corrected chi connectivity index (χ3v) is 4.06. The van der Waals surface area contributed by atoms with E-state index in [-0.39, 0.29) is 11.6 Å². The van der Waals surface area contributed by atoms with Crippen LogP contribution < -0.4 is 5.48 Å². The Kier molecular flexibility index (Phi) is 4.55. The molecule has 0 fully saturated rings. The van der Waals surface area contributed by atoms with Gasteiger partial charge in [0.2, 0.25) is 11.6 Å². The molecule has 8 nitrogen and oxygen atoms in total. The predicted molar refractivity (Wildman–Crippen MR) is 78.4 cm³/mol. The topological polar surface area (TPSA) is 95.1 Å². The van der Waals surface area contributed by atoms with Crippen LogP contribution in [0.25, 0.3) is 10.7 Å². The van der Waals surface area contributed by atoms with E-state index < -0.39 is 18.0 Å². The molecule has 0 aromatic carbocycles. The van der Waals surface area contributed by atoms with Crippen LogP contribution in [0.2, 0.25) is 0 Å². The summed E-state index contributed by atoms with van der Waals surface area (Å²) in [7, 11) is 1.30. The minimum atomic E-state index is -4.69. The number of hydrogen-bond acceptors (Lipinski definition) is 7. The maximum atomic E-state index is 12.5. The zero-order valence-corrected chi connectivity index (χ0v) is 13.4. The Labute approximate surface area is 142 Å². The molecule has 0 atom stereocenters. The number of halogens is 3. The monoisotopic (exact) mass is 373 g/mol. The summed E-state index contributed by atoms with van der Waals surface area (Å²) in [5.74, 6) is -1.93. The predicted octanol–water partition coefficient (Wildman–Crippen LogP) is 2.35. The number of amides is 1. The molecule has 3 aromatic heterocycles. The lowest BCUT2D eigenvalue weighted by Gasteiger charge is -2.05. The molecular weight excluding hydrogens is 363 g/mol. The Bertz CT molecular complexity index is 885. The van der Waals surface area contributed by atoms with Crippen molar-refractivity contribution >= 4 is 17.2 Å². The molecule has 1 amide bonds. The molecule has 0 radical (unpaired) electrons. The number of alkyl halides is 3. The van der Waals surface area contributed by atoms with Crippen LogP contribution >= 0.6 is 11.3 Å². The molecule has 25 heavy (non-hydrogen) atoms. The molecule has 3 aromatic rings. The number of hydrogen-bond donors (Lipinski definition) is 1. The van der Waals surface area contributed by atoms with Gasteiger partial charge in [0.05, 0.1) is 18.5 Å². The van der Waals surface area contributed by atoms with Crippen LogP contribution in [0, 0.1) is 0 Å². The van der Waals surface area contributed by atoms with E-state index in [9.17, 15) is 18.0 Å². The lowest BCUT2D eigenvalue weighted by molar-refractivity contribution is -0.159. The molecular formula is C13H10F3N5O3S. The van der Waals surface area contributed by atoms with Gasteiger partial charge >= 0.3 is 18.0 Å². The van der Waals surface area contributed by atoms with E-state index in [1.54, 1.807) is 22.9 Å². The first-order valence-corrected chi connectivity index (χ1v) is 7.54. The molecule has 0 saturated heterocycles. The van der Waals surface area contributed by atoms with E-state index in [1.165, 1.54) is 24.6 Å². The molecule has 0 bridgehead atoms. The molecule has 0 spiro atoms. The number of rotatable bonds is 5. The quantitative estimate of drug-likeness (QED) is 0.690. The third-order valence-electron chi connectivity index (χ3n) is 2.99. The number of nitrogens with one attached hydrogen (secondary N) is 1. The van der Waals surface area contributed by atoms with E-state index in [0.717, 1.165) is 4.88 Å². The summed E-state index contributed by atoms with van der Waals surface area (Å²) in [5.41, 5.74) is 2.16. The summed E-state index contributed by atoms with van der Waals surface area (Å²) in [6.45, 7) is 0.293. The minimum Gasteiger partial charge on any atom is -0.329 e. The Morgan fingerprint density at radius 3 is 2.92 bits per heavy atom. The average molecular weight is 373 g/mol.